The van der Waals surface area contributed by atoms with Crippen LogP contribution in [0.2, 0.25) is 0 Å². The van der Waals surface area contributed by atoms with E-state index in [2.05, 4.69) is 17.5 Å². The van der Waals surface area contributed by atoms with E-state index in [1.165, 1.54) is 0 Å². The molecule has 0 unspecified atom stereocenters. The smallest absolute Gasteiger partial charge is 0.115 e. The Morgan fingerprint density at radius 2 is 1.47 bits per heavy atom. The van der Waals surface area contributed by atoms with Gasteiger partial charge in [-0.05, 0) is 31.5 Å². The van der Waals surface area contributed by atoms with E-state index in [4.69, 9.17) is 0 Å². The van der Waals surface area contributed by atoms with E-state index in [0.29, 0.717) is 11.1 Å². The second-order valence-electron chi connectivity index (χ2n) is 4.45. The van der Waals surface area contributed by atoms with Crippen molar-refractivity contribution in [2.75, 3.05) is 0 Å². The fourth-order valence-corrected chi connectivity index (χ4v) is 2.29. The van der Waals surface area contributed by atoms with Crippen LogP contribution in [0, 0.1) is 22.7 Å². The third-order valence-electron chi connectivity index (χ3n) is 3.23. The average molecular weight is 251 g/mol. The normalized spacial score (nSPS) is 15.8. The summed E-state index contributed by atoms with van der Waals surface area (Å²) in [5.74, 6) is -0.201. The number of nitrogens with one attached hydrogen (secondary N) is 1. The van der Waals surface area contributed by atoms with E-state index in [-0.39, 0.29) is 11.7 Å². The predicted octanol–water partition coefficient (Wildman–Crippen LogP) is 2.67. The summed E-state index contributed by atoms with van der Waals surface area (Å²) in [4.78, 5) is 0. The minimum atomic E-state index is -0.364. The number of hydrogen-bond donors (Lipinski definition) is 2. The van der Waals surface area contributed by atoms with Gasteiger partial charge in [-0.2, -0.15) is 10.5 Å². The third kappa shape index (κ3) is 2.17. The molecule has 0 radical (unpaired) electrons. The molecule has 0 bridgehead atoms. The van der Waals surface area contributed by atoms with Crippen LogP contribution in [0.25, 0.3) is 0 Å². The summed E-state index contributed by atoms with van der Waals surface area (Å²) in [5.41, 5.74) is 3.42. The second-order valence-corrected chi connectivity index (χ2v) is 4.45. The van der Waals surface area contributed by atoms with Crippen molar-refractivity contribution in [3.63, 3.8) is 0 Å². The number of hydrogen-bond acceptors (Lipinski definition) is 4. The van der Waals surface area contributed by atoms with Crippen LogP contribution in [0.1, 0.15) is 25.3 Å². The van der Waals surface area contributed by atoms with Gasteiger partial charge in [-0.25, -0.2) is 0 Å². The van der Waals surface area contributed by atoms with Gasteiger partial charge in [-0.1, -0.05) is 12.1 Å². The minimum absolute atomic E-state index is 0.163. The predicted molar refractivity (Wildman–Crippen MR) is 70.6 cm³/mol. The summed E-state index contributed by atoms with van der Waals surface area (Å²) in [7, 11) is 0. The molecule has 0 atom stereocenters. The van der Waals surface area contributed by atoms with Gasteiger partial charge in [0.1, 0.15) is 5.75 Å². The molecule has 1 aromatic rings. The van der Waals surface area contributed by atoms with Gasteiger partial charge in [0.2, 0.25) is 0 Å². The van der Waals surface area contributed by atoms with E-state index in [9.17, 15) is 15.6 Å². The highest BCUT2D eigenvalue weighted by Gasteiger charge is 2.29. The van der Waals surface area contributed by atoms with Gasteiger partial charge in [0, 0.05) is 11.4 Å². The summed E-state index contributed by atoms with van der Waals surface area (Å²) in [6, 6.07) is 10.9. The summed E-state index contributed by atoms with van der Waals surface area (Å²) < 4.78 is 0. The molecule has 1 aromatic carbocycles. The second kappa shape index (κ2) is 4.88. The molecule has 2 N–H and O–H groups in total. The van der Waals surface area contributed by atoms with Crippen molar-refractivity contribution < 1.29 is 5.11 Å². The van der Waals surface area contributed by atoms with E-state index in [0.717, 1.165) is 17.0 Å². The van der Waals surface area contributed by atoms with Crippen LogP contribution in [0.15, 0.2) is 46.8 Å². The molecule has 0 saturated carbocycles. The van der Waals surface area contributed by atoms with Crippen LogP contribution in [-0.2, 0) is 0 Å². The Kier molecular flexibility index (Phi) is 3.27. The minimum Gasteiger partial charge on any atom is -0.508 e. The first kappa shape index (κ1) is 12.7. The maximum Gasteiger partial charge on any atom is 0.115 e. The molecule has 0 spiro atoms. The quantitative estimate of drug-likeness (QED) is 0.804. The van der Waals surface area contributed by atoms with Gasteiger partial charge < -0.3 is 10.4 Å². The number of nitriles is 2. The molecular formula is C15H13N3O. The monoisotopic (exact) mass is 251 g/mol. The summed E-state index contributed by atoms with van der Waals surface area (Å²) in [6.07, 6.45) is 0. The number of phenols is 1. The first-order chi connectivity index (χ1) is 9.08. The molecule has 94 valence electrons. The summed E-state index contributed by atoms with van der Waals surface area (Å²) in [6.45, 7) is 3.65. The number of rotatable bonds is 1. The first-order valence-corrected chi connectivity index (χ1v) is 5.86. The highest BCUT2D eigenvalue weighted by atomic mass is 16.3. The Balaban J connectivity index is 2.61. The van der Waals surface area contributed by atoms with E-state index >= 15 is 0 Å². The Labute approximate surface area is 111 Å². The summed E-state index contributed by atoms with van der Waals surface area (Å²) in [5, 5.41) is 31.0. The molecule has 4 nitrogen and oxygen atoms in total. The summed E-state index contributed by atoms with van der Waals surface area (Å²) >= 11 is 0. The third-order valence-corrected chi connectivity index (χ3v) is 3.23. The molecule has 0 aromatic heterocycles. The van der Waals surface area contributed by atoms with Gasteiger partial charge in [-0.15, -0.1) is 0 Å². The number of aromatic hydroxyl groups is 1. The number of allylic oxidation sites excluding steroid dienone is 4. The number of nitrogens with zero attached hydrogens (tertiary/aromatic N) is 2. The van der Waals surface area contributed by atoms with Crippen LogP contribution in [-0.4, -0.2) is 5.11 Å². The lowest BCUT2D eigenvalue weighted by Crippen LogP contribution is -2.23. The van der Waals surface area contributed by atoms with E-state index in [1.54, 1.807) is 24.3 Å². The van der Waals surface area contributed by atoms with Gasteiger partial charge >= 0.3 is 0 Å². The zero-order valence-corrected chi connectivity index (χ0v) is 10.7. The standard InChI is InChI=1S/C15H13N3O/c1-9-13(7-16)15(14(8-17)10(2)18-9)11-3-5-12(19)6-4-11/h3-6,15,18-19H,1-2H3. The molecule has 4 heteroatoms. The molecule has 0 saturated heterocycles. The van der Waals surface area contributed by atoms with Crippen LogP contribution in [0.3, 0.4) is 0 Å². The van der Waals surface area contributed by atoms with Gasteiger partial charge in [-0.3, -0.25) is 0 Å². The molecule has 1 aliphatic rings. The largest absolute Gasteiger partial charge is 0.508 e. The van der Waals surface area contributed by atoms with Crippen LogP contribution >= 0.6 is 0 Å². The van der Waals surface area contributed by atoms with Crippen molar-refractivity contribution >= 4 is 0 Å². The lowest BCUT2D eigenvalue weighted by Gasteiger charge is -2.26. The number of phenolic OH excluding ortho intramolecular Hbond substituents is 1. The van der Waals surface area contributed by atoms with Crippen molar-refractivity contribution in [2.24, 2.45) is 0 Å². The Bertz CT molecular complexity index is 618. The molecular weight excluding hydrogens is 238 g/mol. The highest BCUT2D eigenvalue weighted by Crippen LogP contribution is 2.37. The molecule has 1 aliphatic heterocycles. The van der Waals surface area contributed by atoms with Crippen LogP contribution in [0.5, 0.6) is 5.75 Å². The Morgan fingerprint density at radius 3 is 1.89 bits per heavy atom. The highest BCUT2D eigenvalue weighted by molar-refractivity contribution is 5.55. The van der Waals surface area contributed by atoms with E-state index in [1.807, 2.05) is 13.8 Å². The fourth-order valence-electron chi connectivity index (χ4n) is 2.29. The SMILES string of the molecule is CC1=C(C#N)C(c2ccc(O)cc2)C(C#N)=C(C)N1. The average Bonchev–Trinajstić information content (AvgIpc) is 2.39. The Hall–Kier alpha value is -2.72. The van der Waals surface area contributed by atoms with Gasteiger partial charge in [0.15, 0.2) is 0 Å². The zero-order valence-electron chi connectivity index (χ0n) is 10.7. The molecule has 0 amide bonds. The van der Waals surface area contributed by atoms with Gasteiger partial charge in [0.25, 0.3) is 0 Å². The van der Waals surface area contributed by atoms with Crippen LogP contribution in [0.4, 0.5) is 0 Å². The van der Waals surface area contributed by atoms with Gasteiger partial charge in [0.05, 0.1) is 29.2 Å². The maximum absolute atomic E-state index is 9.34. The molecule has 2 rings (SSSR count). The number of benzene rings is 1. The molecule has 0 fully saturated rings. The van der Waals surface area contributed by atoms with E-state index < -0.39 is 0 Å². The first-order valence-electron chi connectivity index (χ1n) is 5.86. The zero-order chi connectivity index (χ0) is 14.0. The maximum atomic E-state index is 9.34. The molecule has 1 heterocycles. The van der Waals surface area contributed by atoms with Crippen molar-refractivity contribution in [3.05, 3.63) is 52.4 Å². The van der Waals surface area contributed by atoms with Crippen LogP contribution < -0.4 is 5.32 Å². The van der Waals surface area contributed by atoms with Crippen molar-refractivity contribution in [1.29, 1.82) is 10.5 Å². The van der Waals surface area contributed by atoms with Crippen molar-refractivity contribution in [1.82, 2.24) is 5.32 Å². The topological polar surface area (TPSA) is 79.8 Å². The van der Waals surface area contributed by atoms with Crippen molar-refractivity contribution in [2.45, 2.75) is 19.8 Å². The molecule has 0 aliphatic carbocycles. The fraction of sp³-hybridized carbons (Fsp3) is 0.200. The Morgan fingerprint density at radius 1 is 1.00 bits per heavy atom. The van der Waals surface area contributed by atoms with Crippen molar-refractivity contribution in [3.8, 4) is 17.9 Å². The lowest BCUT2D eigenvalue weighted by atomic mass is 9.82. The lowest BCUT2D eigenvalue weighted by molar-refractivity contribution is 0.475. The number of dihydropyridines is 1. The molecule has 19 heavy (non-hydrogen) atoms.